The van der Waals surface area contributed by atoms with Crippen molar-refractivity contribution in [3.63, 3.8) is 0 Å². The van der Waals surface area contributed by atoms with E-state index in [2.05, 4.69) is 4.72 Å². The molecule has 0 aliphatic carbocycles. The van der Waals surface area contributed by atoms with Crippen LogP contribution in [0, 0.1) is 6.92 Å². The number of aryl methyl sites for hydroxylation is 1. The second kappa shape index (κ2) is 7.87. The van der Waals surface area contributed by atoms with Crippen LogP contribution in [0.5, 0.6) is 0 Å². The highest BCUT2D eigenvalue weighted by Crippen LogP contribution is 2.34. The van der Waals surface area contributed by atoms with Crippen molar-refractivity contribution < 1.29 is 26.4 Å². The van der Waals surface area contributed by atoms with Crippen LogP contribution >= 0.6 is 11.6 Å². The Hall–Kier alpha value is -2.26. The molecule has 3 rings (SSSR count). The molecule has 0 bridgehead atoms. The monoisotopic (exact) mass is 446 g/mol. The normalized spacial score (nSPS) is 14.9. The van der Waals surface area contributed by atoms with Gasteiger partial charge in [0.15, 0.2) is 0 Å². The van der Waals surface area contributed by atoms with Crippen LogP contribution in [0.2, 0.25) is 5.02 Å². The number of sulfonamides is 1. The van der Waals surface area contributed by atoms with E-state index in [9.17, 15) is 26.4 Å². The van der Waals surface area contributed by atoms with Crippen LogP contribution in [-0.2, 0) is 16.2 Å². The van der Waals surface area contributed by atoms with Gasteiger partial charge in [-0.1, -0.05) is 23.7 Å². The number of nitrogens with one attached hydrogen (secondary N) is 1. The lowest BCUT2D eigenvalue weighted by Gasteiger charge is -2.20. The standard InChI is InChI=1S/C19H18ClF3N2O3S/c1-12-5-4-6-15(17(12)18(26)25-9-2-3-10-25)24-29(27,28)16-11-13(19(21,22)23)7-8-14(16)20/h4-8,11,24H,2-3,9-10H2,1H3. The van der Waals surface area contributed by atoms with Gasteiger partial charge in [0.05, 0.1) is 21.8 Å². The second-order valence-electron chi connectivity index (χ2n) is 6.75. The number of benzene rings is 2. The van der Waals surface area contributed by atoms with Crippen molar-refractivity contribution in [2.24, 2.45) is 0 Å². The highest BCUT2D eigenvalue weighted by molar-refractivity contribution is 7.92. The van der Waals surface area contributed by atoms with Gasteiger partial charge in [0, 0.05) is 13.1 Å². The summed E-state index contributed by atoms with van der Waals surface area (Å²) in [4.78, 5) is 13.8. The van der Waals surface area contributed by atoms with Gasteiger partial charge in [0.1, 0.15) is 4.90 Å². The van der Waals surface area contributed by atoms with E-state index in [1.165, 1.54) is 6.07 Å². The minimum atomic E-state index is -4.73. The Morgan fingerprint density at radius 3 is 2.41 bits per heavy atom. The average molecular weight is 447 g/mol. The SMILES string of the molecule is Cc1cccc(NS(=O)(=O)c2cc(C(F)(F)F)ccc2Cl)c1C(=O)N1CCCC1. The number of hydrogen-bond acceptors (Lipinski definition) is 3. The van der Waals surface area contributed by atoms with Crippen molar-refractivity contribution >= 4 is 33.2 Å². The fourth-order valence-corrected chi connectivity index (χ4v) is 4.80. The summed E-state index contributed by atoms with van der Waals surface area (Å²) in [5, 5.41) is -0.356. The van der Waals surface area contributed by atoms with Crippen molar-refractivity contribution in [1.82, 2.24) is 4.90 Å². The van der Waals surface area contributed by atoms with Crippen LogP contribution in [0.25, 0.3) is 0 Å². The minimum Gasteiger partial charge on any atom is -0.339 e. The molecule has 0 spiro atoms. The number of likely N-dealkylation sites (tertiary alicyclic amines) is 1. The Labute approximate surface area is 171 Å². The summed E-state index contributed by atoms with van der Waals surface area (Å²) >= 11 is 5.87. The third-order valence-corrected chi connectivity index (χ3v) is 6.52. The summed E-state index contributed by atoms with van der Waals surface area (Å²) < 4.78 is 66.9. The lowest BCUT2D eigenvalue weighted by Crippen LogP contribution is -2.29. The zero-order chi connectivity index (χ0) is 21.4. The van der Waals surface area contributed by atoms with Crippen LogP contribution in [-0.4, -0.2) is 32.3 Å². The summed E-state index contributed by atoms with van der Waals surface area (Å²) in [5.41, 5.74) is -0.423. The minimum absolute atomic E-state index is 0.00428. The first-order valence-corrected chi connectivity index (χ1v) is 10.7. The molecule has 0 aromatic heterocycles. The molecule has 1 saturated heterocycles. The van der Waals surface area contributed by atoms with Gasteiger partial charge in [-0.2, -0.15) is 13.2 Å². The number of amides is 1. The number of anilines is 1. The first-order valence-electron chi connectivity index (χ1n) is 8.79. The van der Waals surface area contributed by atoms with Gasteiger partial charge in [0.2, 0.25) is 0 Å². The van der Waals surface area contributed by atoms with Crippen LogP contribution < -0.4 is 4.72 Å². The molecular weight excluding hydrogens is 429 g/mol. The fraction of sp³-hybridized carbons (Fsp3) is 0.316. The van der Waals surface area contributed by atoms with Gasteiger partial charge in [-0.15, -0.1) is 0 Å². The molecule has 0 unspecified atom stereocenters. The predicted octanol–water partition coefficient (Wildman–Crippen LogP) is 4.70. The third-order valence-electron chi connectivity index (χ3n) is 4.67. The zero-order valence-electron chi connectivity index (χ0n) is 15.4. The summed E-state index contributed by atoms with van der Waals surface area (Å²) in [6, 6.07) is 6.68. The molecule has 29 heavy (non-hydrogen) atoms. The van der Waals surface area contributed by atoms with Crippen molar-refractivity contribution in [3.05, 3.63) is 58.1 Å². The van der Waals surface area contributed by atoms with E-state index in [1.807, 2.05) is 0 Å². The number of halogens is 4. The Kier molecular flexibility index (Phi) is 5.82. The van der Waals surface area contributed by atoms with Gasteiger partial charge in [0.25, 0.3) is 15.9 Å². The van der Waals surface area contributed by atoms with Gasteiger partial charge in [-0.3, -0.25) is 9.52 Å². The Balaban J connectivity index is 2.02. The average Bonchev–Trinajstić information content (AvgIpc) is 3.15. The molecule has 5 nitrogen and oxygen atoms in total. The fourth-order valence-electron chi connectivity index (χ4n) is 3.20. The van der Waals surface area contributed by atoms with E-state index in [1.54, 1.807) is 24.0 Å². The molecule has 1 aliphatic heterocycles. The first kappa shape index (κ1) is 21.4. The molecule has 2 aromatic carbocycles. The van der Waals surface area contributed by atoms with Gasteiger partial charge < -0.3 is 4.90 Å². The molecule has 1 amide bonds. The molecule has 1 heterocycles. The molecule has 0 radical (unpaired) electrons. The largest absolute Gasteiger partial charge is 0.416 e. The number of carbonyl (C=O) groups is 1. The van der Waals surface area contributed by atoms with Crippen LogP contribution in [0.1, 0.15) is 34.3 Å². The van der Waals surface area contributed by atoms with Crippen molar-refractivity contribution in [3.8, 4) is 0 Å². The van der Waals surface area contributed by atoms with E-state index >= 15 is 0 Å². The quantitative estimate of drug-likeness (QED) is 0.740. The maximum absolute atomic E-state index is 13.0. The summed E-state index contributed by atoms with van der Waals surface area (Å²) in [5.74, 6) is -0.326. The first-order chi connectivity index (χ1) is 13.5. The highest BCUT2D eigenvalue weighted by Gasteiger charge is 2.33. The zero-order valence-corrected chi connectivity index (χ0v) is 17.0. The molecule has 1 fully saturated rings. The number of alkyl halides is 3. The second-order valence-corrected chi connectivity index (χ2v) is 8.80. The maximum atomic E-state index is 13.0. The van der Waals surface area contributed by atoms with Crippen molar-refractivity contribution in [1.29, 1.82) is 0 Å². The summed E-state index contributed by atoms with van der Waals surface area (Å²) in [6.07, 6.45) is -3.01. The molecule has 0 atom stereocenters. The lowest BCUT2D eigenvalue weighted by atomic mass is 10.1. The van der Waals surface area contributed by atoms with Gasteiger partial charge in [-0.05, 0) is 49.6 Å². The maximum Gasteiger partial charge on any atom is 0.416 e. The van der Waals surface area contributed by atoms with E-state index in [-0.39, 0.29) is 22.2 Å². The van der Waals surface area contributed by atoms with Crippen LogP contribution in [0.4, 0.5) is 18.9 Å². The lowest BCUT2D eigenvalue weighted by molar-refractivity contribution is -0.137. The molecule has 1 aliphatic rings. The van der Waals surface area contributed by atoms with Crippen molar-refractivity contribution in [2.75, 3.05) is 17.8 Å². The van der Waals surface area contributed by atoms with Crippen LogP contribution in [0.15, 0.2) is 41.3 Å². The van der Waals surface area contributed by atoms with E-state index in [0.717, 1.165) is 18.9 Å². The Bertz CT molecular complexity index is 1050. The number of rotatable bonds is 4. The van der Waals surface area contributed by atoms with E-state index < -0.39 is 26.7 Å². The number of nitrogens with zero attached hydrogens (tertiary/aromatic N) is 1. The molecule has 1 N–H and O–H groups in total. The Morgan fingerprint density at radius 1 is 1.14 bits per heavy atom. The van der Waals surface area contributed by atoms with Crippen molar-refractivity contribution in [2.45, 2.75) is 30.8 Å². The summed E-state index contributed by atoms with van der Waals surface area (Å²) in [6.45, 7) is 2.80. The number of hydrogen-bond donors (Lipinski definition) is 1. The van der Waals surface area contributed by atoms with E-state index in [0.29, 0.717) is 30.8 Å². The van der Waals surface area contributed by atoms with Crippen LogP contribution in [0.3, 0.4) is 0 Å². The highest BCUT2D eigenvalue weighted by atomic mass is 35.5. The topological polar surface area (TPSA) is 66.5 Å². The van der Waals surface area contributed by atoms with E-state index in [4.69, 9.17) is 11.6 Å². The summed E-state index contributed by atoms with van der Waals surface area (Å²) in [7, 11) is -4.48. The molecule has 156 valence electrons. The number of carbonyl (C=O) groups excluding carboxylic acids is 1. The van der Waals surface area contributed by atoms with Gasteiger partial charge >= 0.3 is 6.18 Å². The van der Waals surface area contributed by atoms with Gasteiger partial charge in [-0.25, -0.2) is 8.42 Å². The molecule has 10 heteroatoms. The molecule has 0 saturated carbocycles. The predicted molar refractivity (Wildman–Crippen MR) is 104 cm³/mol. The molecule has 2 aromatic rings. The smallest absolute Gasteiger partial charge is 0.339 e. The Morgan fingerprint density at radius 2 is 1.79 bits per heavy atom. The molecular formula is C19H18ClF3N2O3S. The third kappa shape index (κ3) is 4.51.